The molecule has 0 saturated heterocycles. The van der Waals surface area contributed by atoms with E-state index in [-0.39, 0.29) is 5.91 Å². The average Bonchev–Trinajstić information content (AvgIpc) is 2.96. The second kappa shape index (κ2) is 4.81. The Labute approximate surface area is 111 Å². The van der Waals surface area contributed by atoms with Gasteiger partial charge in [0, 0.05) is 18.1 Å². The van der Waals surface area contributed by atoms with E-state index in [0.717, 1.165) is 28.1 Å². The number of carbonyl (C=O) groups excluding carboxylic acids is 1. The number of benzene rings is 1. The summed E-state index contributed by atoms with van der Waals surface area (Å²) in [6.45, 7) is 5.12. The Morgan fingerprint density at radius 2 is 2.18 bits per heavy atom. The quantitative estimate of drug-likeness (QED) is 0.836. The van der Waals surface area contributed by atoms with Gasteiger partial charge in [0.05, 0.1) is 5.56 Å². The molecule has 1 fully saturated rings. The number of nitrogens with zero attached hydrogens (tertiary/aromatic N) is 1. The number of hydrogen-bond acceptors (Lipinski definition) is 1. The molecule has 0 bridgehead atoms. The minimum absolute atomic E-state index is 0.111. The molecule has 0 aromatic heterocycles. The van der Waals surface area contributed by atoms with E-state index in [4.69, 9.17) is 0 Å². The van der Waals surface area contributed by atoms with Crippen LogP contribution in [0, 0.1) is 18.8 Å². The molecule has 1 aliphatic rings. The summed E-state index contributed by atoms with van der Waals surface area (Å²) in [6.07, 6.45) is 1.26. The molecular weight excluding hydrogens is 278 g/mol. The molecule has 2 unspecified atom stereocenters. The van der Waals surface area contributed by atoms with E-state index in [1.54, 1.807) is 0 Å². The minimum Gasteiger partial charge on any atom is -0.341 e. The summed E-state index contributed by atoms with van der Waals surface area (Å²) >= 11 is 3.45. The lowest BCUT2D eigenvalue weighted by atomic mass is 10.1. The van der Waals surface area contributed by atoms with Crippen molar-refractivity contribution in [2.45, 2.75) is 20.3 Å². The van der Waals surface area contributed by atoms with Crippen LogP contribution < -0.4 is 0 Å². The Morgan fingerprint density at radius 1 is 1.53 bits per heavy atom. The lowest BCUT2D eigenvalue weighted by Gasteiger charge is -2.18. The monoisotopic (exact) mass is 295 g/mol. The number of rotatable bonds is 3. The topological polar surface area (TPSA) is 20.3 Å². The lowest BCUT2D eigenvalue weighted by Crippen LogP contribution is -2.29. The molecule has 2 atom stereocenters. The van der Waals surface area contributed by atoms with E-state index < -0.39 is 0 Å². The van der Waals surface area contributed by atoms with Crippen LogP contribution in [0.15, 0.2) is 22.7 Å². The number of halogens is 1. The molecule has 0 spiro atoms. The first kappa shape index (κ1) is 12.6. The van der Waals surface area contributed by atoms with Crippen molar-refractivity contribution in [3.05, 3.63) is 33.8 Å². The molecule has 1 aliphatic carbocycles. The molecule has 0 radical (unpaired) electrons. The van der Waals surface area contributed by atoms with Crippen LogP contribution in [0.1, 0.15) is 29.3 Å². The Hall–Kier alpha value is -0.830. The van der Waals surface area contributed by atoms with Crippen LogP contribution >= 0.6 is 15.9 Å². The van der Waals surface area contributed by atoms with Crippen molar-refractivity contribution in [1.29, 1.82) is 0 Å². The lowest BCUT2D eigenvalue weighted by molar-refractivity contribution is 0.0786. The largest absolute Gasteiger partial charge is 0.341 e. The number of hydrogen-bond donors (Lipinski definition) is 0. The van der Waals surface area contributed by atoms with Gasteiger partial charge in [-0.1, -0.05) is 18.6 Å². The molecule has 0 heterocycles. The zero-order valence-corrected chi connectivity index (χ0v) is 12.1. The van der Waals surface area contributed by atoms with E-state index in [1.807, 2.05) is 37.1 Å². The number of aryl methyl sites for hydroxylation is 1. The van der Waals surface area contributed by atoms with Gasteiger partial charge in [0.15, 0.2) is 0 Å². The predicted molar refractivity (Wildman–Crippen MR) is 73.1 cm³/mol. The van der Waals surface area contributed by atoms with Gasteiger partial charge in [-0.3, -0.25) is 4.79 Å². The maximum absolute atomic E-state index is 12.3. The van der Waals surface area contributed by atoms with Crippen LogP contribution in [0.25, 0.3) is 0 Å². The molecule has 2 nitrogen and oxygen atoms in total. The van der Waals surface area contributed by atoms with Crippen molar-refractivity contribution < 1.29 is 4.79 Å². The van der Waals surface area contributed by atoms with Gasteiger partial charge in [-0.2, -0.15) is 0 Å². The maximum Gasteiger partial charge on any atom is 0.254 e. The molecule has 1 amide bonds. The van der Waals surface area contributed by atoms with Crippen molar-refractivity contribution in [1.82, 2.24) is 4.90 Å². The highest BCUT2D eigenvalue weighted by Gasteiger charge is 2.34. The van der Waals surface area contributed by atoms with Gasteiger partial charge in [-0.25, -0.2) is 0 Å². The van der Waals surface area contributed by atoms with Gasteiger partial charge < -0.3 is 4.90 Å². The Morgan fingerprint density at radius 3 is 2.76 bits per heavy atom. The summed E-state index contributed by atoms with van der Waals surface area (Å²) in [4.78, 5) is 14.1. The fourth-order valence-corrected chi connectivity index (χ4v) is 2.51. The van der Waals surface area contributed by atoms with Crippen molar-refractivity contribution in [2.75, 3.05) is 13.6 Å². The standard InChI is InChI=1S/C14H18BrNO/c1-9-4-5-13(15)12(6-9)14(17)16(3)8-11-7-10(11)2/h4-6,10-11H,7-8H2,1-3H3. The summed E-state index contributed by atoms with van der Waals surface area (Å²) in [7, 11) is 1.89. The van der Waals surface area contributed by atoms with Gasteiger partial charge in [-0.15, -0.1) is 0 Å². The second-order valence-electron chi connectivity index (χ2n) is 5.14. The van der Waals surface area contributed by atoms with Gasteiger partial charge >= 0.3 is 0 Å². The molecule has 1 aromatic rings. The molecule has 0 aliphatic heterocycles. The first-order valence-corrected chi connectivity index (χ1v) is 6.80. The summed E-state index contributed by atoms with van der Waals surface area (Å²) in [5, 5.41) is 0. The number of amides is 1. The van der Waals surface area contributed by atoms with Gasteiger partial charge in [0.1, 0.15) is 0 Å². The van der Waals surface area contributed by atoms with E-state index in [0.29, 0.717) is 5.92 Å². The van der Waals surface area contributed by atoms with Crippen molar-refractivity contribution >= 4 is 21.8 Å². The third-order valence-electron chi connectivity index (χ3n) is 3.48. The SMILES string of the molecule is Cc1ccc(Br)c(C(=O)N(C)CC2CC2C)c1. The van der Waals surface area contributed by atoms with Crippen molar-refractivity contribution in [3.8, 4) is 0 Å². The fourth-order valence-electron chi connectivity index (χ4n) is 2.10. The van der Waals surface area contributed by atoms with Crippen LogP contribution in [0.3, 0.4) is 0 Å². The predicted octanol–water partition coefficient (Wildman–Crippen LogP) is 3.49. The fraction of sp³-hybridized carbons (Fsp3) is 0.500. The second-order valence-corrected chi connectivity index (χ2v) is 6.00. The number of carbonyl (C=O) groups is 1. The molecule has 92 valence electrons. The van der Waals surface area contributed by atoms with Gasteiger partial charge in [-0.05, 0) is 53.2 Å². The highest BCUT2D eigenvalue weighted by atomic mass is 79.9. The van der Waals surface area contributed by atoms with Crippen LogP contribution in [0.2, 0.25) is 0 Å². The molecule has 1 aromatic carbocycles. The molecular formula is C14H18BrNO. The summed E-state index contributed by atoms with van der Waals surface area (Å²) in [6, 6.07) is 5.89. The molecule has 1 saturated carbocycles. The van der Waals surface area contributed by atoms with Crippen molar-refractivity contribution in [3.63, 3.8) is 0 Å². The van der Waals surface area contributed by atoms with E-state index in [9.17, 15) is 4.79 Å². The highest BCUT2D eigenvalue weighted by molar-refractivity contribution is 9.10. The van der Waals surface area contributed by atoms with Crippen LogP contribution in [0.5, 0.6) is 0 Å². The summed E-state index contributed by atoms with van der Waals surface area (Å²) in [5.41, 5.74) is 1.88. The molecule has 2 rings (SSSR count). The molecule has 17 heavy (non-hydrogen) atoms. The van der Waals surface area contributed by atoms with Crippen LogP contribution in [0.4, 0.5) is 0 Å². The van der Waals surface area contributed by atoms with Crippen LogP contribution in [-0.2, 0) is 0 Å². The van der Waals surface area contributed by atoms with Crippen molar-refractivity contribution in [2.24, 2.45) is 11.8 Å². The zero-order chi connectivity index (χ0) is 12.6. The third-order valence-corrected chi connectivity index (χ3v) is 4.17. The van der Waals surface area contributed by atoms with Gasteiger partial charge in [0.25, 0.3) is 5.91 Å². The summed E-state index contributed by atoms with van der Waals surface area (Å²) in [5.74, 6) is 1.60. The third kappa shape index (κ3) is 2.89. The minimum atomic E-state index is 0.111. The van der Waals surface area contributed by atoms with Gasteiger partial charge in [0.2, 0.25) is 0 Å². The first-order chi connectivity index (χ1) is 7.99. The van der Waals surface area contributed by atoms with E-state index in [1.165, 1.54) is 6.42 Å². The Kier molecular flexibility index (Phi) is 3.57. The smallest absolute Gasteiger partial charge is 0.254 e. The first-order valence-electron chi connectivity index (χ1n) is 6.00. The normalized spacial score (nSPS) is 22.4. The van der Waals surface area contributed by atoms with Crippen LogP contribution in [-0.4, -0.2) is 24.4 Å². The Balaban J connectivity index is 2.10. The zero-order valence-electron chi connectivity index (χ0n) is 10.5. The maximum atomic E-state index is 12.3. The average molecular weight is 296 g/mol. The van der Waals surface area contributed by atoms with E-state index in [2.05, 4.69) is 22.9 Å². The van der Waals surface area contributed by atoms with E-state index >= 15 is 0 Å². The Bertz CT molecular complexity index is 444. The summed E-state index contributed by atoms with van der Waals surface area (Å²) < 4.78 is 0.879. The molecule has 0 N–H and O–H groups in total. The highest BCUT2D eigenvalue weighted by Crippen LogP contribution is 2.38. The molecule has 3 heteroatoms.